The van der Waals surface area contributed by atoms with E-state index in [1.807, 2.05) is 12.2 Å². The normalized spacial score (nSPS) is 20.7. The molecule has 0 fully saturated rings. The summed E-state index contributed by atoms with van der Waals surface area (Å²) in [6.45, 7) is 12.0. The van der Waals surface area contributed by atoms with Gasteiger partial charge in [-0.2, -0.15) is 0 Å². The zero-order valence-corrected chi connectivity index (χ0v) is 13.0. The van der Waals surface area contributed by atoms with Crippen LogP contribution in [0.15, 0.2) is 70.8 Å². The minimum Gasteiger partial charge on any atom is -0.343 e. The van der Waals surface area contributed by atoms with E-state index in [9.17, 15) is 0 Å². The van der Waals surface area contributed by atoms with Gasteiger partial charge in [-0.05, 0) is 25.5 Å². The molecule has 0 aromatic heterocycles. The van der Waals surface area contributed by atoms with Gasteiger partial charge in [0.1, 0.15) is 0 Å². The number of hydrogen-bond donors (Lipinski definition) is 0. The molecule has 19 heavy (non-hydrogen) atoms. The zero-order valence-electron chi connectivity index (χ0n) is 12.1. The minimum atomic E-state index is 1.10. The van der Waals surface area contributed by atoms with Crippen LogP contribution in [0.1, 0.15) is 26.7 Å². The van der Waals surface area contributed by atoms with Crippen molar-refractivity contribution < 1.29 is 0 Å². The fraction of sp³-hybridized carbons (Fsp3) is 0.294. The van der Waals surface area contributed by atoms with E-state index in [4.69, 9.17) is 0 Å². The molecule has 1 rings (SSSR count). The molecule has 0 N–H and O–H groups in total. The molecular formula is C17H23NS. The van der Waals surface area contributed by atoms with E-state index in [0.29, 0.717) is 0 Å². The Balaban J connectivity index is 3.23. The molecule has 0 radical (unpaired) electrons. The van der Waals surface area contributed by atoms with Crippen molar-refractivity contribution in [2.45, 2.75) is 26.7 Å². The molecule has 0 aromatic carbocycles. The van der Waals surface area contributed by atoms with Crippen LogP contribution in [-0.4, -0.2) is 11.9 Å². The summed E-state index contributed by atoms with van der Waals surface area (Å²) < 4.78 is 0. The molecule has 0 saturated heterocycles. The van der Waals surface area contributed by atoms with Crippen LogP contribution in [0.25, 0.3) is 0 Å². The van der Waals surface area contributed by atoms with Crippen molar-refractivity contribution in [3.05, 3.63) is 70.8 Å². The van der Waals surface area contributed by atoms with Crippen molar-refractivity contribution in [2.24, 2.45) is 0 Å². The van der Waals surface area contributed by atoms with Gasteiger partial charge in [-0.3, -0.25) is 0 Å². The van der Waals surface area contributed by atoms with E-state index in [1.165, 1.54) is 27.6 Å². The topological polar surface area (TPSA) is 3.24 Å². The smallest absolute Gasteiger partial charge is 0.0546 e. The Bertz CT molecular complexity index is 464. The number of nitrogens with zero attached hydrogens (tertiary/aromatic N) is 1. The average Bonchev–Trinajstić information content (AvgIpc) is 2.43. The monoisotopic (exact) mass is 273 g/mol. The lowest BCUT2D eigenvalue weighted by molar-refractivity contribution is 0.547. The molecule has 0 atom stereocenters. The maximum atomic E-state index is 3.93. The number of likely N-dealkylation sites (N-methyl/N-ethyl adjacent to an activating group) is 1. The average molecular weight is 273 g/mol. The van der Waals surface area contributed by atoms with Gasteiger partial charge in [0.2, 0.25) is 0 Å². The van der Waals surface area contributed by atoms with Gasteiger partial charge in [0.15, 0.2) is 0 Å². The van der Waals surface area contributed by atoms with E-state index < -0.39 is 0 Å². The fourth-order valence-electron chi connectivity index (χ4n) is 1.90. The third kappa shape index (κ3) is 3.77. The summed E-state index contributed by atoms with van der Waals surface area (Å²) in [5.74, 6) is 0. The number of hydrogen-bond acceptors (Lipinski definition) is 2. The molecule has 1 aliphatic rings. The van der Waals surface area contributed by atoms with Gasteiger partial charge in [0, 0.05) is 16.9 Å². The predicted octanol–water partition coefficient (Wildman–Crippen LogP) is 5.39. The molecule has 0 saturated carbocycles. The zero-order chi connectivity index (χ0) is 14.3. The number of unbranched alkanes of at least 4 members (excludes halogenated alkanes) is 1. The largest absolute Gasteiger partial charge is 0.343 e. The van der Waals surface area contributed by atoms with Crippen LogP contribution in [0, 0.1) is 0 Å². The van der Waals surface area contributed by atoms with Gasteiger partial charge < -0.3 is 4.90 Å². The lowest BCUT2D eigenvalue weighted by Crippen LogP contribution is -2.21. The molecule has 0 bridgehead atoms. The first kappa shape index (κ1) is 15.6. The maximum Gasteiger partial charge on any atom is 0.0546 e. The molecule has 0 amide bonds. The minimum absolute atomic E-state index is 1.10. The quantitative estimate of drug-likeness (QED) is 0.660. The Kier molecular flexibility index (Phi) is 6.51. The highest BCUT2D eigenvalue weighted by Gasteiger charge is 2.21. The first-order chi connectivity index (χ1) is 9.19. The highest BCUT2D eigenvalue weighted by atomic mass is 32.2. The molecule has 1 heterocycles. The Morgan fingerprint density at radius 2 is 2.05 bits per heavy atom. The molecule has 0 spiro atoms. The van der Waals surface area contributed by atoms with Crippen molar-refractivity contribution in [2.75, 3.05) is 7.05 Å². The van der Waals surface area contributed by atoms with Crippen molar-refractivity contribution >= 4 is 11.8 Å². The fourth-order valence-corrected chi connectivity index (χ4v) is 2.95. The maximum absolute atomic E-state index is 3.93. The number of thioether (sulfide) groups is 1. The van der Waals surface area contributed by atoms with Crippen LogP contribution in [-0.2, 0) is 0 Å². The Hall–Kier alpha value is -1.41. The highest BCUT2D eigenvalue weighted by molar-refractivity contribution is 8.07. The van der Waals surface area contributed by atoms with Gasteiger partial charge in [0.25, 0.3) is 0 Å². The van der Waals surface area contributed by atoms with E-state index in [2.05, 4.69) is 63.3 Å². The second-order valence-corrected chi connectivity index (χ2v) is 5.33. The summed E-state index contributed by atoms with van der Waals surface area (Å²) >= 11 is 1.76. The summed E-state index contributed by atoms with van der Waals surface area (Å²) in [5, 5.41) is 0. The summed E-state index contributed by atoms with van der Waals surface area (Å²) in [5.41, 5.74) is 2.39. The van der Waals surface area contributed by atoms with E-state index in [1.54, 1.807) is 11.8 Å². The molecule has 2 heteroatoms. The van der Waals surface area contributed by atoms with E-state index >= 15 is 0 Å². The van der Waals surface area contributed by atoms with Crippen LogP contribution in [0.3, 0.4) is 0 Å². The van der Waals surface area contributed by atoms with Gasteiger partial charge in [-0.25, -0.2) is 0 Å². The third-order valence-electron chi connectivity index (χ3n) is 2.90. The van der Waals surface area contributed by atoms with Crippen LogP contribution in [0.5, 0.6) is 0 Å². The highest BCUT2D eigenvalue weighted by Crippen LogP contribution is 2.42. The molecular weight excluding hydrogens is 250 g/mol. The van der Waals surface area contributed by atoms with Crippen molar-refractivity contribution in [3.63, 3.8) is 0 Å². The number of allylic oxidation sites excluding steroid dienone is 6. The van der Waals surface area contributed by atoms with Gasteiger partial charge in [0.05, 0.1) is 11.4 Å². The summed E-state index contributed by atoms with van der Waals surface area (Å²) in [4.78, 5) is 4.64. The SMILES string of the molecule is C=C/C=C1\C(=C/C)SC(C=C)=C(/C=C\CCC)N1C. The molecule has 1 aliphatic heterocycles. The summed E-state index contributed by atoms with van der Waals surface area (Å²) in [7, 11) is 2.09. The second-order valence-electron chi connectivity index (χ2n) is 4.25. The molecule has 102 valence electrons. The van der Waals surface area contributed by atoms with Crippen LogP contribution < -0.4 is 0 Å². The predicted molar refractivity (Wildman–Crippen MR) is 88.7 cm³/mol. The lowest BCUT2D eigenvalue weighted by atomic mass is 10.2. The molecule has 0 unspecified atom stereocenters. The molecule has 1 nitrogen and oxygen atoms in total. The molecule has 0 aromatic rings. The van der Waals surface area contributed by atoms with Crippen LogP contribution >= 0.6 is 11.8 Å². The van der Waals surface area contributed by atoms with Gasteiger partial charge in [-0.15, -0.1) is 0 Å². The Morgan fingerprint density at radius 3 is 2.58 bits per heavy atom. The van der Waals surface area contributed by atoms with Crippen molar-refractivity contribution in [1.29, 1.82) is 0 Å². The first-order valence-corrected chi connectivity index (χ1v) is 7.45. The second kappa shape index (κ2) is 7.90. The van der Waals surface area contributed by atoms with Gasteiger partial charge >= 0.3 is 0 Å². The lowest BCUT2D eigenvalue weighted by Gasteiger charge is -2.32. The first-order valence-electron chi connectivity index (χ1n) is 6.63. The Morgan fingerprint density at radius 1 is 1.32 bits per heavy atom. The van der Waals surface area contributed by atoms with Crippen molar-refractivity contribution in [3.8, 4) is 0 Å². The van der Waals surface area contributed by atoms with Crippen LogP contribution in [0.4, 0.5) is 0 Å². The molecule has 0 aliphatic carbocycles. The third-order valence-corrected chi connectivity index (χ3v) is 4.16. The van der Waals surface area contributed by atoms with Crippen molar-refractivity contribution in [1.82, 2.24) is 4.90 Å². The summed E-state index contributed by atoms with van der Waals surface area (Å²) in [6.07, 6.45) is 14.6. The Labute approximate surface area is 121 Å². The summed E-state index contributed by atoms with van der Waals surface area (Å²) in [6, 6.07) is 0. The number of rotatable bonds is 5. The van der Waals surface area contributed by atoms with Crippen LogP contribution in [0.2, 0.25) is 0 Å². The van der Waals surface area contributed by atoms with E-state index in [0.717, 1.165) is 6.42 Å². The van der Waals surface area contributed by atoms with E-state index in [-0.39, 0.29) is 0 Å². The van der Waals surface area contributed by atoms with Gasteiger partial charge in [-0.1, -0.05) is 62.6 Å². The standard InChI is InChI=1S/C17H23NS/c1-6-10-11-13-15-17(9-4)19-16(8-3)14(12-7-2)18(15)5/h7-9,11-13H,2,4,6,10H2,1,3,5H3/b13-11-,14-12+,16-8+.